The highest BCUT2D eigenvalue weighted by molar-refractivity contribution is 5.87. The molecule has 16 heavy (non-hydrogen) atoms. The molecule has 3 N–H and O–H groups in total. The lowest BCUT2D eigenvalue weighted by atomic mass is 10.3. The summed E-state index contributed by atoms with van der Waals surface area (Å²) in [5, 5.41) is 8.89. The molecule has 1 aliphatic rings. The second-order valence-electron chi connectivity index (χ2n) is 3.93. The molecule has 86 valence electrons. The summed E-state index contributed by atoms with van der Waals surface area (Å²) < 4.78 is 0. The number of carboxylic acid groups (broad SMARTS) is 1. The maximum atomic E-state index is 10.8. The predicted octanol–water partition coefficient (Wildman–Crippen LogP) is 1.35. The van der Waals surface area contributed by atoms with E-state index < -0.39 is 5.97 Å². The Kier molecular flexibility index (Phi) is 2.68. The quantitative estimate of drug-likeness (QED) is 0.802. The third-order valence-corrected chi connectivity index (χ3v) is 2.72. The Hall–Kier alpha value is -1.78. The molecule has 0 radical (unpaired) electrons. The minimum absolute atomic E-state index is 0.0447. The minimum atomic E-state index is -1.02. The average Bonchev–Trinajstić information content (AvgIpc) is 3.05. The summed E-state index contributed by atoms with van der Waals surface area (Å²) in [7, 11) is 0. The molecule has 1 aromatic rings. The normalized spacial score (nSPS) is 14.8. The zero-order valence-electron chi connectivity index (χ0n) is 9.18. The highest BCUT2D eigenvalue weighted by Crippen LogP contribution is 2.33. The fourth-order valence-electron chi connectivity index (χ4n) is 1.78. The molecule has 0 atom stereocenters. The second-order valence-corrected chi connectivity index (χ2v) is 3.93. The van der Waals surface area contributed by atoms with E-state index in [2.05, 4.69) is 9.88 Å². The molecular weight excluding hydrogens is 206 g/mol. The highest BCUT2D eigenvalue weighted by Gasteiger charge is 2.30. The van der Waals surface area contributed by atoms with E-state index in [1.807, 2.05) is 6.92 Å². The third kappa shape index (κ3) is 1.93. The van der Waals surface area contributed by atoms with Crippen molar-refractivity contribution in [3.63, 3.8) is 0 Å². The van der Waals surface area contributed by atoms with Gasteiger partial charge in [-0.25, -0.2) is 9.78 Å². The van der Waals surface area contributed by atoms with Crippen molar-refractivity contribution in [1.29, 1.82) is 0 Å². The van der Waals surface area contributed by atoms with Gasteiger partial charge in [-0.05, 0) is 31.9 Å². The molecule has 1 saturated carbocycles. The Morgan fingerprint density at radius 2 is 2.31 bits per heavy atom. The number of carbonyl (C=O) groups is 1. The second kappa shape index (κ2) is 4.00. The van der Waals surface area contributed by atoms with Crippen LogP contribution in [-0.4, -0.2) is 28.6 Å². The molecule has 0 aliphatic heterocycles. The smallest absolute Gasteiger partial charge is 0.354 e. The summed E-state index contributed by atoms with van der Waals surface area (Å²) in [6.07, 6.45) is 2.26. The summed E-state index contributed by atoms with van der Waals surface area (Å²) in [4.78, 5) is 17.0. The van der Waals surface area contributed by atoms with Crippen LogP contribution >= 0.6 is 0 Å². The van der Waals surface area contributed by atoms with E-state index in [0.29, 0.717) is 17.5 Å². The first-order chi connectivity index (χ1) is 7.63. The number of nitrogen functional groups attached to an aromatic ring is 1. The van der Waals surface area contributed by atoms with Gasteiger partial charge < -0.3 is 15.7 Å². The van der Waals surface area contributed by atoms with Crippen LogP contribution in [0.1, 0.15) is 30.3 Å². The zero-order valence-corrected chi connectivity index (χ0v) is 9.18. The lowest BCUT2D eigenvalue weighted by Crippen LogP contribution is -2.27. The molecule has 5 nitrogen and oxygen atoms in total. The van der Waals surface area contributed by atoms with E-state index in [9.17, 15) is 4.79 Å². The molecule has 0 aromatic carbocycles. The Bertz CT molecular complexity index is 416. The third-order valence-electron chi connectivity index (χ3n) is 2.72. The van der Waals surface area contributed by atoms with E-state index in [1.165, 1.54) is 6.07 Å². The lowest BCUT2D eigenvalue weighted by Gasteiger charge is -2.23. The van der Waals surface area contributed by atoms with Gasteiger partial charge in [0.1, 0.15) is 0 Å². The summed E-state index contributed by atoms with van der Waals surface area (Å²) in [6.45, 7) is 2.82. The number of nitrogens with zero attached hydrogens (tertiary/aromatic N) is 2. The fourth-order valence-corrected chi connectivity index (χ4v) is 1.78. The van der Waals surface area contributed by atoms with Gasteiger partial charge in [-0.15, -0.1) is 0 Å². The summed E-state index contributed by atoms with van der Waals surface area (Å²) in [6, 6.07) is 3.52. The standard InChI is InChI=1S/C11H15N3O2/c1-2-14(7-3-4-7)10-8(12)5-6-9(13-10)11(15)16/h5-7H,2-4,12H2,1H3,(H,15,16). The number of aromatic nitrogens is 1. The molecule has 1 heterocycles. The van der Waals surface area contributed by atoms with Crippen LogP contribution in [0.15, 0.2) is 12.1 Å². The van der Waals surface area contributed by atoms with E-state index in [1.54, 1.807) is 6.07 Å². The van der Waals surface area contributed by atoms with Crippen molar-refractivity contribution in [2.75, 3.05) is 17.2 Å². The Morgan fingerprint density at radius 1 is 1.62 bits per heavy atom. The summed E-state index contributed by atoms with van der Waals surface area (Å²) in [5.41, 5.74) is 6.42. The van der Waals surface area contributed by atoms with Crippen molar-refractivity contribution in [2.45, 2.75) is 25.8 Å². The number of hydrogen-bond acceptors (Lipinski definition) is 4. The number of nitrogens with two attached hydrogens (primary N) is 1. The van der Waals surface area contributed by atoms with Crippen LogP contribution in [0.4, 0.5) is 11.5 Å². The van der Waals surface area contributed by atoms with Crippen LogP contribution in [-0.2, 0) is 0 Å². The molecule has 5 heteroatoms. The maximum Gasteiger partial charge on any atom is 0.354 e. The van der Waals surface area contributed by atoms with Gasteiger partial charge in [-0.2, -0.15) is 0 Å². The van der Waals surface area contributed by atoms with E-state index in [-0.39, 0.29) is 5.69 Å². The first-order valence-electron chi connectivity index (χ1n) is 5.40. The number of aromatic carboxylic acids is 1. The van der Waals surface area contributed by atoms with E-state index in [0.717, 1.165) is 19.4 Å². The Labute approximate surface area is 93.9 Å². The number of rotatable bonds is 4. The Balaban J connectivity index is 2.36. The van der Waals surface area contributed by atoms with Crippen LogP contribution in [0.3, 0.4) is 0 Å². The predicted molar refractivity (Wildman–Crippen MR) is 61.7 cm³/mol. The summed E-state index contributed by atoms with van der Waals surface area (Å²) >= 11 is 0. The van der Waals surface area contributed by atoms with Crippen molar-refractivity contribution >= 4 is 17.5 Å². The van der Waals surface area contributed by atoms with Gasteiger partial charge in [0.05, 0.1) is 5.69 Å². The molecule has 0 unspecified atom stereocenters. The van der Waals surface area contributed by atoms with Gasteiger partial charge in [0.25, 0.3) is 0 Å². The minimum Gasteiger partial charge on any atom is -0.477 e. The molecule has 0 amide bonds. The summed E-state index contributed by atoms with van der Waals surface area (Å²) in [5.74, 6) is -0.419. The van der Waals surface area contributed by atoms with Gasteiger partial charge in [-0.3, -0.25) is 0 Å². The monoisotopic (exact) mass is 221 g/mol. The van der Waals surface area contributed by atoms with Crippen LogP contribution < -0.4 is 10.6 Å². The molecule has 2 rings (SSSR count). The molecule has 1 aliphatic carbocycles. The van der Waals surface area contributed by atoms with Crippen molar-refractivity contribution in [3.8, 4) is 0 Å². The van der Waals surface area contributed by atoms with Gasteiger partial charge in [0.2, 0.25) is 0 Å². The topological polar surface area (TPSA) is 79.5 Å². The molecule has 1 fully saturated rings. The molecular formula is C11H15N3O2. The van der Waals surface area contributed by atoms with Gasteiger partial charge in [0.15, 0.2) is 11.5 Å². The highest BCUT2D eigenvalue weighted by atomic mass is 16.4. The largest absolute Gasteiger partial charge is 0.477 e. The average molecular weight is 221 g/mol. The lowest BCUT2D eigenvalue weighted by molar-refractivity contribution is 0.0690. The number of pyridine rings is 1. The molecule has 0 bridgehead atoms. The molecule has 0 spiro atoms. The number of hydrogen-bond donors (Lipinski definition) is 2. The van der Waals surface area contributed by atoms with Gasteiger partial charge in [-0.1, -0.05) is 0 Å². The molecule has 1 aromatic heterocycles. The van der Waals surface area contributed by atoms with E-state index >= 15 is 0 Å². The zero-order chi connectivity index (χ0) is 11.7. The maximum absolute atomic E-state index is 10.8. The first-order valence-corrected chi connectivity index (χ1v) is 5.40. The van der Waals surface area contributed by atoms with Crippen molar-refractivity contribution in [2.24, 2.45) is 0 Å². The van der Waals surface area contributed by atoms with Crippen LogP contribution in [0.2, 0.25) is 0 Å². The van der Waals surface area contributed by atoms with Crippen LogP contribution in [0.5, 0.6) is 0 Å². The van der Waals surface area contributed by atoms with Crippen LogP contribution in [0, 0.1) is 0 Å². The number of anilines is 2. The van der Waals surface area contributed by atoms with Crippen molar-refractivity contribution in [3.05, 3.63) is 17.8 Å². The Morgan fingerprint density at radius 3 is 2.81 bits per heavy atom. The van der Waals surface area contributed by atoms with E-state index in [4.69, 9.17) is 10.8 Å². The fraction of sp³-hybridized carbons (Fsp3) is 0.455. The SMILES string of the molecule is CCN(c1nc(C(=O)O)ccc1N)C1CC1. The van der Waals surface area contributed by atoms with Gasteiger partial charge >= 0.3 is 5.97 Å². The number of carboxylic acids is 1. The van der Waals surface area contributed by atoms with Crippen LogP contribution in [0.25, 0.3) is 0 Å². The molecule has 0 saturated heterocycles. The van der Waals surface area contributed by atoms with Crippen molar-refractivity contribution < 1.29 is 9.90 Å². The first kappa shape index (κ1) is 10.7. The van der Waals surface area contributed by atoms with Crippen molar-refractivity contribution in [1.82, 2.24) is 4.98 Å². The van der Waals surface area contributed by atoms with Gasteiger partial charge in [0, 0.05) is 12.6 Å².